The summed E-state index contributed by atoms with van der Waals surface area (Å²) in [7, 11) is 0. The number of ether oxygens (including phenoxy) is 1. The molecule has 0 aromatic heterocycles. The molecule has 1 aliphatic carbocycles. The quantitative estimate of drug-likeness (QED) is 0.595. The lowest BCUT2D eigenvalue weighted by atomic mass is 10.0. The van der Waals surface area contributed by atoms with Crippen LogP contribution in [0.1, 0.15) is 31.2 Å². The van der Waals surface area contributed by atoms with Gasteiger partial charge in [0.2, 0.25) is 5.90 Å². The summed E-state index contributed by atoms with van der Waals surface area (Å²) in [6, 6.07) is 6.37. The first-order chi connectivity index (χ1) is 8.69. The van der Waals surface area contributed by atoms with E-state index in [1.165, 1.54) is 25.0 Å². The summed E-state index contributed by atoms with van der Waals surface area (Å²) in [5, 5.41) is 10.6. The molecule has 0 N–H and O–H groups in total. The lowest BCUT2D eigenvalue weighted by Gasteiger charge is -2.14. The first-order valence-corrected chi connectivity index (χ1v) is 6.16. The Bertz CT molecular complexity index is 501. The van der Waals surface area contributed by atoms with E-state index in [1.807, 2.05) is 0 Å². The molecule has 5 nitrogen and oxygen atoms in total. The summed E-state index contributed by atoms with van der Waals surface area (Å²) in [6.07, 6.45) is 4.59. The Morgan fingerprint density at radius 1 is 1.22 bits per heavy atom. The minimum Gasteiger partial charge on any atom is -0.475 e. The van der Waals surface area contributed by atoms with E-state index in [-0.39, 0.29) is 11.2 Å². The highest BCUT2D eigenvalue weighted by Gasteiger charge is 2.39. The molecule has 2 aliphatic rings. The second-order valence-corrected chi connectivity index (χ2v) is 4.94. The van der Waals surface area contributed by atoms with Crippen LogP contribution in [-0.2, 0) is 4.74 Å². The average molecular weight is 246 g/mol. The zero-order valence-electron chi connectivity index (χ0n) is 9.96. The predicted molar refractivity (Wildman–Crippen MR) is 66.8 cm³/mol. The molecule has 5 heteroatoms. The smallest absolute Gasteiger partial charge is 0.269 e. The van der Waals surface area contributed by atoms with Crippen molar-refractivity contribution in [1.29, 1.82) is 0 Å². The van der Waals surface area contributed by atoms with E-state index in [9.17, 15) is 10.1 Å². The molecule has 1 aliphatic heterocycles. The van der Waals surface area contributed by atoms with Crippen molar-refractivity contribution in [3.8, 4) is 0 Å². The normalized spacial score (nSPS) is 20.8. The molecular formula is C13H14N2O3. The van der Waals surface area contributed by atoms with Gasteiger partial charge in [-0.25, -0.2) is 4.99 Å². The first kappa shape index (κ1) is 11.2. The summed E-state index contributed by atoms with van der Waals surface area (Å²) >= 11 is 0. The molecular weight excluding hydrogens is 232 g/mol. The Morgan fingerprint density at radius 3 is 2.50 bits per heavy atom. The van der Waals surface area contributed by atoms with Gasteiger partial charge in [0.25, 0.3) is 5.69 Å². The van der Waals surface area contributed by atoms with Crippen molar-refractivity contribution in [2.75, 3.05) is 6.61 Å². The van der Waals surface area contributed by atoms with Crippen LogP contribution in [0.2, 0.25) is 0 Å². The second-order valence-electron chi connectivity index (χ2n) is 4.94. The fraction of sp³-hybridized carbons (Fsp3) is 0.462. The van der Waals surface area contributed by atoms with Gasteiger partial charge in [-0.2, -0.15) is 0 Å². The van der Waals surface area contributed by atoms with E-state index in [4.69, 9.17) is 4.74 Å². The van der Waals surface area contributed by atoms with Gasteiger partial charge in [-0.15, -0.1) is 0 Å². The van der Waals surface area contributed by atoms with Crippen molar-refractivity contribution in [3.63, 3.8) is 0 Å². The van der Waals surface area contributed by atoms with Crippen LogP contribution in [0.15, 0.2) is 29.3 Å². The zero-order chi connectivity index (χ0) is 12.6. The summed E-state index contributed by atoms with van der Waals surface area (Å²) in [6.45, 7) is 0.652. The van der Waals surface area contributed by atoms with Crippen LogP contribution in [0, 0.1) is 10.1 Å². The van der Waals surface area contributed by atoms with Gasteiger partial charge < -0.3 is 4.74 Å². The van der Waals surface area contributed by atoms with Crippen molar-refractivity contribution in [2.45, 2.75) is 31.2 Å². The maximum absolute atomic E-state index is 10.6. The highest BCUT2D eigenvalue weighted by atomic mass is 16.6. The van der Waals surface area contributed by atoms with Gasteiger partial charge in [0.05, 0.1) is 10.5 Å². The third-order valence-electron chi connectivity index (χ3n) is 3.68. The number of nitro groups is 1. The number of nitro benzene ring substituents is 1. The summed E-state index contributed by atoms with van der Waals surface area (Å²) in [5.74, 6) is 0.631. The van der Waals surface area contributed by atoms with Crippen molar-refractivity contribution < 1.29 is 9.66 Å². The fourth-order valence-corrected chi connectivity index (χ4v) is 2.65. The zero-order valence-corrected chi connectivity index (χ0v) is 9.96. The highest BCUT2D eigenvalue weighted by Crippen LogP contribution is 2.37. The minimum atomic E-state index is -0.403. The Balaban J connectivity index is 1.85. The highest BCUT2D eigenvalue weighted by molar-refractivity contribution is 5.95. The number of nitrogens with zero attached hydrogens (tertiary/aromatic N) is 2. The minimum absolute atomic E-state index is 0.0168. The fourth-order valence-electron chi connectivity index (χ4n) is 2.65. The Morgan fingerprint density at radius 2 is 1.89 bits per heavy atom. The molecule has 1 heterocycles. The van der Waals surface area contributed by atoms with E-state index in [1.54, 1.807) is 12.1 Å². The SMILES string of the molecule is O=[N+]([O-])c1ccc(C2=NC3(CCCC3)CO2)cc1. The molecule has 3 rings (SSSR count). The van der Waals surface area contributed by atoms with Gasteiger partial charge in [0, 0.05) is 17.7 Å². The summed E-state index contributed by atoms with van der Waals surface area (Å²) in [4.78, 5) is 14.9. The maximum Gasteiger partial charge on any atom is 0.269 e. The molecule has 1 aromatic rings. The van der Waals surface area contributed by atoms with E-state index < -0.39 is 4.92 Å². The van der Waals surface area contributed by atoms with Crippen molar-refractivity contribution in [3.05, 3.63) is 39.9 Å². The number of non-ortho nitro benzene ring substituents is 1. The Labute approximate surface area is 105 Å². The number of hydrogen-bond donors (Lipinski definition) is 0. The molecule has 0 atom stereocenters. The van der Waals surface area contributed by atoms with Crippen LogP contribution in [-0.4, -0.2) is 23.0 Å². The van der Waals surface area contributed by atoms with Crippen LogP contribution in [0.5, 0.6) is 0 Å². The van der Waals surface area contributed by atoms with Crippen LogP contribution >= 0.6 is 0 Å². The topological polar surface area (TPSA) is 64.7 Å². The van der Waals surface area contributed by atoms with Gasteiger partial charge in [-0.3, -0.25) is 10.1 Å². The van der Waals surface area contributed by atoms with E-state index in [0.29, 0.717) is 12.5 Å². The molecule has 0 bridgehead atoms. The molecule has 0 unspecified atom stereocenters. The van der Waals surface area contributed by atoms with E-state index in [0.717, 1.165) is 18.4 Å². The number of rotatable bonds is 2. The summed E-state index contributed by atoms with van der Waals surface area (Å²) in [5.41, 5.74) is 0.897. The molecule has 0 amide bonds. The molecule has 94 valence electrons. The maximum atomic E-state index is 10.6. The third-order valence-corrected chi connectivity index (χ3v) is 3.68. The monoisotopic (exact) mass is 246 g/mol. The second kappa shape index (κ2) is 4.08. The number of hydrogen-bond acceptors (Lipinski definition) is 4. The number of benzene rings is 1. The largest absolute Gasteiger partial charge is 0.475 e. The standard InChI is InChI=1S/C13H14N2O3/c16-15(17)11-5-3-10(4-6-11)12-14-13(9-18-12)7-1-2-8-13/h3-6H,1-2,7-9H2. The molecule has 18 heavy (non-hydrogen) atoms. The first-order valence-electron chi connectivity index (χ1n) is 6.16. The molecule has 0 radical (unpaired) electrons. The van der Waals surface area contributed by atoms with Gasteiger partial charge in [0.15, 0.2) is 0 Å². The van der Waals surface area contributed by atoms with Crippen LogP contribution in [0.3, 0.4) is 0 Å². The lowest BCUT2D eigenvalue weighted by molar-refractivity contribution is -0.384. The molecule has 1 aromatic carbocycles. The summed E-state index contributed by atoms with van der Waals surface area (Å²) < 4.78 is 5.66. The van der Waals surface area contributed by atoms with Crippen LogP contribution in [0.25, 0.3) is 0 Å². The van der Waals surface area contributed by atoms with Gasteiger partial charge in [0.1, 0.15) is 6.61 Å². The lowest BCUT2D eigenvalue weighted by Crippen LogP contribution is -2.22. The third kappa shape index (κ3) is 1.85. The van der Waals surface area contributed by atoms with E-state index in [2.05, 4.69) is 4.99 Å². The van der Waals surface area contributed by atoms with Crippen molar-refractivity contribution in [1.82, 2.24) is 0 Å². The van der Waals surface area contributed by atoms with E-state index >= 15 is 0 Å². The van der Waals surface area contributed by atoms with Gasteiger partial charge >= 0.3 is 0 Å². The van der Waals surface area contributed by atoms with Gasteiger partial charge in [-0.1, -0.05) is 12.8 Å². The van der Waals surface area contributed by atoms with Crippen molar-refractivity contribution >= 4 is 11.6 Å². The average Bonchev–Trinajstić information content (AvgIpc) is 3.01. The van der Waals surface area contributed by atoms with Crippen LogP contribution in [0.4, 0.5) is 5.69 Å². The molecule has 1 fully saturated rings. The molecule has 1 saturated carbocycles. The van der Waals surface area contributed by atoms with Crippen molar-refractivity contribution in [2.24, 2.45) is 4.99 Å². The molecule has 0 saturated heterocycles. The number of aliphatic imine (C=N–C) groups is 1. The molecule has 1 spiro atoms. The Hall–Kier alpha value is -1.91. The van der Waals surface area contributed by atoms with Crippen LogP contribution < -0.4 is 0 Å². The van der Waals surface area contributed by atoms with Gasteiger partial charge in [-0.05, 0) is 25.0 Å². The Kier molecular flexibility index (Phi) is 2.54. The predicted octanol–water partition coefficient (Wildman–Crippen LogP) is 2.68.